The summed E-state index contributed by atoms with van der Waals surface area (Å²) in [5.41, 5.74) is 4.02. The number of thiophene rings is 1. The molecule has 0 aliphatic carbocycles. The first-order valence-corrected chi connectivity index (χ1v) is 6.26. The number of anilines is 2. The summed E-state index contributed by atoms with van der Waals surface area (Å²) >= 11 is 1.58. The van der Waals surface area contributed by atoms with E-state index < -0.39 is 0 Å². The Morgan fingerprint density at radius 2 is 2.12 bits per heavy atom. The van der Waals surface area contributed by atoms with Gasteiger partial charge in [-0.2, -0.15) is 0 Å². The van der Waals surface area contributed by atoms with Crippen molar-refractivity contribution in [3.8, 4) is 5.75 Å². The molecule has 2 rings (SSSR count). The summed E-state index contributed by atoms with van der Waals surface area (Å²) in [6.45, 7) is 2.08. The third-order valence-electron chi connectivity index (χ3n) is 2.62. The Morgan fingerprint density at radius 1 is 1.29 bits per heavy atom. The van der Waals surface area contributed by atoms with Crippen LogP contribution in [0.4, 0.5) is 11.4 Å². The number of aliphatic hydroxyl groups is 1. The van der Waals surface area contributed by atoms with Crippen molar-refractivity contribution in [3.63, 3.8) is 0 Å². The Kier molecular flexibility index (Phi) is 3.66. The molecule has 1 heterocycles. The number of ether oxygens (including phenoxy) is 1. The molecule has 0 saturated carbocycles. The summed E-state index contributed by atoms with van der Waals surface area (Å²) in [7, 11) is 1.66. The maximum Gasteiger partial charge on any atom is 0.119 e. The van der Waals surface area contributed by atoms with E-state index in [9.17, 15) is 5.11 Å². The lowest BCUT2D eigenvalue weighted by atomic mass is 10.2. The highest BCUT2D eigenvalue weighted by Crippen LogP contribution is 2.28. The number of benzene rings is 1. The highest BCUT2D eigenvalue weighted by molar-refractivity contribution is 7.08. The van der Waals surface area contributed by atoms with Gasteiger partial charge in [-0.3, -0.25) is 0 Å². The minimum absolute atomic E-state index is 0.0566. The molecule has 0 bridgehead atoms. The van der Waals surface area contributed by atoms with Gasteiger partial charge in [0.1, 0.15) is 5.75 Å². The van der Waals surface area contributed by atoms with Gasteiger partial charge in [0.15, 0.2) is 0 Å². The van der Waals surface area contributed by atoms with Crippen LogP contribution in [0.1, 0.15) is 11.1 Å². The molecule has 0 aliphatic rings. The van der Waals surface area contributed by atoms with Gasteiger partial charge in [0, 0.05) is 16.6 Å². The zero-order valence-electron chi connectivity index (χ0n) is 9.86. The number of aliphatic hydroxyl groups excluding tert-OH is 1. The van der Waals surface area contributed by atoms with Crippen LogP contribution < -0.4 is 10.1 Å². The van der Waals surface area contributed by atoms with Gasteiger partial charge in [0.05, 0.1) is 19.4 Å². The van der Waals surface area contributed by atoms with E-state index in [1.807, 2.05) is 35.9 Å². The topological polar surface area (TPSA) is 41.5 Å². The normalized spacial score (nSPS) is 10.3. The van der Waals surface area contributed by atoms with Crippen molar-refractivity contribution in [2.24, 2.45) is 0 Å². The number of nitrogens with one attached hydrogen (secondary N) is 1. The molecule has 0 aliphatic heterocycles. The first-order valence-electron chi connectivity index (χ1n) is 5.32. The van der Waals surface area contributed by atoms with Crippen molar-refractivity contribution in [2.45, 2.75) is 13.5 Å². The summed E-state index contributed by atoms with van der Waals surface area (Å²) in [6.07, 6.45) is 0. The lowest BCUT2D eigenvalue weighted by Gasteiger charge is -2.11. The lowest BCUT2D eigenvalue weighted by Crippen LogP contribution is -1.95. The Hall–Kier alpha value is -1.52. The van der Waals surface area contributed by atoms with E-state index in [-0.39, 0.29) is 6.61 Å². The maximum absolute atomic E-state index is 9.18. The lowest BCUT2D eigenvalue weighted by molar-refractivity contribution is 0.283. The zero-order valence-corrected chi connectivity index (χ0v) is 10.7. The van der Waals surface area contributed by atoms with Crippen LogP contribution in [-0.4, -0.2) is 12.2 Å². The van der Waals surface area contributed by atoms with E-state index in [2.05, 4.69) is 5.32 Å². The maximum atomic E-state index is 9.18. The largest absolute Gasteiger partial charge is 0.497 e. The molecule has 0 radical (unpaired) electrons. The molecule has 2 aromatic rings. The minimum Gasteiger partial charge on any atom is -0.497 e. The fraction of sp³-hybridized carbons (Fsp3) is 0.231. The number of rotatable bonds is 4. The molecule has 0 fully saturated rings. The molecule has 1 aromatic carbocycles. The molecular formula is C13H15NO2S. The van der Waals surface area contributed by atoms with Crippen LogP contribution >= 0.6 is 11.3 Å². The van der Waals surface area contributed by atoms with Crippen molar-refractivity contribution in [1.82, 2.24) is 0 Å². The molecular weight excluding hydrogens is 234 g/mol. The first-order chi connectivity index (χ1) is 8.24. The molecule has 0 atom stereocenters. The minimum atomic E-state index is 0.0566. The smallest absolute Gasteiger partial charge is 0.119 e. The number of aryl methyl sites for hydroxylation is 1. The zero-order chi connectivity index (χ0) is 12.3. The van der Waals surface area contributed by atoms with Crippen LogP contribution in [0.15, 0.2) is 29.0 Å². The second-order valence-electron chi connectivity index (χ2n) is 3.77. The van der Waals surface area contributed by atoms with E-state index in [1.54, 1.807) is 18.4 Å². The third kappa shape index (κ3) is 2.60. The van der Waals surface area contributed by atoms with Crippen molar-refractivity contribution >= 4 is 22.7 Å². The third-order valence-corrected chi connectivity index (χ3v) is 3.41. The first kappa shape index (κ1) is 12.0. The molecule has 1 aromatic heterocycles. The Morgan fingerprint density at radius 3 is 2.76 bits per heavy atom. The number of hydrogen-bond donors (Lipinski definition) is 2. The van der Waals surface area contributed by atoms with Crippen molar-refractivity contribution in [2.75, 3.05) is 12.4 Å². The fourth-order valence-corrected chi connectivity index (χ4v) is 2.38. The molecule has 0 unspecified atom stereocenters. The van der Waals surface area contributed by atoms with Crippen LogP contribution in [0, 0.1) is 6.92 Å². The standard InChI is InChI=1S/C13H15NO2S/c1-9-5-11(16-2)3-4-12(9)14-13-8-17-7-10(13)6-15/h3-5,7-8,14-15H,6H2,1-2H3. The molecule has 17 heavy (non-hydrogen) atoms. The second-order valence-corrected chi connectivity index (χ2v) is 4.52. The average molecular weight is 249 g/mol. The summed E-state index contributed by atoms with van der Waals surface area (Å²) in [5.74, 6) is 0.848. The van der Waals surface area contributed by atoms with Gasteiger partial charge in [-0.15, -0.1) is 11.3 Å². The van der Waals surface area contributed by atoms with E-state index in [4.69, 9.17) is 4.74 Å². The number of methoxy groups -OCH3 is 1. The molecule has 3 nitrogen and oxygen atoms in total. The van der Waals surface area contributed by atoms with E-state index in [0.29, 0.717) is 0 Å². The van der Waals surface area contributed by atoms with Gasteiger partial charge in [0.25, 0.3) is 0 Å². The Balaban J connectivity index is 2.24. The van der Waals surface area contributed by atoms with Gasteiger partial charge >= 0.3 is 0 Å². The molecule has 4 heteroatoms. The van der Waals surface area contributed by atoms with Crippen LogP contribution in [0.2, 0.25) is 0 Å². The second kappa shape index (κ2) is 5.21. The summed E-state index contributed by atoms with van der Waals surface area (Å²) in [4.78, 5) is 0. The van der Waals surface area contributed by atoms with Gasteiger partial charge in [0.2, 0.25) is 0 Å². The van der Waals surface area contributed by atoms with Crippen LogP contribution in [0.25, 0.3) is 0 Å². The van der Waals surface area contributed by atoms with Crippen LogP contribution in [0.3, 0.4) is 0 Å². The summed E-state index contributed by atoms with van der Waals surface area (Å²) in [5, 5.41) is 16.4. The van der Waals surface area contributed by atoms with Crippen molar-refractivity contribution in [3.05, 3.63) is 40.1 Å². The van der Waals surface area contributed by atoms with Crippen LogP contribution in [-0.2, 0) is 6.61 Å². The highest BCUT2D eigenvalue weighted by atomic mass is 32.1. The number of hydrogen-bond acceptors (Lipinski definition) is 4. The summed E-state index contributed by atoms with van der Waals surface area (Å²) in [6, 6.07) is 5.88. The van der Waals surface area contributed by atoms with Crippen molar-refractivity contribution in [1.29, 1.82) is 0 Å². The predicted octanol–water partition coefficient (Wildman–Crippen LogP) is 3.30. The summed E-state index contributed by atoms with van der Waals surface area (Å²) < 4.78 is 5.16. The Bertz CT molecular complexity index is 508. The van der Waals surface area contributed by atoms with Gasteiger partial charge in [-0.1, -0.05) is 0 Å². The molecule has 0 saturated heterocycles. The predicted molar refractivity (Wildman–Crippen MR) is 71.3 cm³/mol. The monoisotopic (exact) mass is 249 g/mol. The highest BCUT2D eigenvalue weighted by Gasteiger charge is 2.05. The molecule has 90 valence electrons. The van der Waals surface area contributed by atoms with Crippen molar-refractivity contribution < 1.29 is 9.84 Å². The van der Waals surface area contributed by atoms with Gasteiger partial charge in [-0.25, -0.2) is 0 Å². The van der Waals surface area contributed by atoms with E-state index in [0.717, 1.165) is 28.3 Å². The van der Waals surface area contributed by atoms with Gasteiger partial charge in [-0.05, 0) is 36.1 Å². The molecule has 0 amide bonds. The quantitative estimate of drug-likeness (QED) is 0.873. The van der Waals surface area contributed by atoms with Crippen LogP contribution in [0.5, 0.6) is 5.75 Å². The molecule has 2 N–H and O–H groups in total. The Labute approximate surface area is 105 Å². The SMILES string of the molecule is COc1ccc(Nc2cscc2CO)c(C)c1. The van der Waals surface area contributed by atoms with Gasteiger partial charge < -0.3 is 15.2 Å². The van der Waals surface area contributed by atoms with E-state index in [1.165, 1.54) is 0 Å². The average Bonchev–Trinajstić information content (AvgIpc) is 2.79. The fourth-order valence-electron chi connectivity index (χ4n) is 1.60. The van der Waals surface area contributed by atoms with E-state index >= 15 is 0 Å². The molecule has 0 spiro atoms.